The largest absolute Gasteiger partial charge is 0.388 e. The molecule has 1 aliphatic rings. The summed E-state index contributed by atoms with van der Waals surface area (Å²) in [5, 5.41) is 9.79. The molecule has 0 saturated carbocycles. The summed E-state index contributed by atoms with van der Waals surface area (Å²) in [7, 11) is 0. The number of anilines is 1. The molecular formula is C16H25NO. The maximum atomic E-state index is 9.79. The number of nitrogens with zero attached hydrogens (tertiary/aromatic N) is 1. The monoisotopic (exact) mass is 247 g/mol. The van der Waals surface area contributed by atoms with Gasteiger partial charge in [0.2, 0.25) is 0 Å². The van der Waals surface area contributed by atoms with Crippen LogP contribution in [0.15, 0.2) is 24.3 Å². The molecular weight excluding hydrogens is 222 g/mol. The Balaban J connectivity index is 2.02. The van der Waals surface area contributed by atoms with Crippen molar-refractivity contribution < 1.29 is 5.11 Å². The number of rotatable bonds is 4. The molecule has 1 aliphatic heterocycles. The Kier molecular flexibility index (Phi) is 4.28. The molecule has 1 heterocycles. The molecule has 2 atom stereocenters. The Hall–Kier alpha value is -1.02. The van der Waals surface area contributed by atoms with E-state index < -0.39 is 0 Å². The van der Waals surface area contributed by atoms with Crippen molar-refractivity contribution in [2.75, 3.05) is 18.0 Å². The number of aliphatic hydroxyl groups is 1. The lowest BCUT2D eigenvalue weighted by molar-refractivity contribution is 0.173. The van der Waals surface area contributed by atoms with Crippen LogP contribution in [0, 0.1) is 11.8 Å². The van der Waals surface area contributed by atoms with E-state index in [0.29, 0.717) is 0 Å². The zero-order chi connectivity index (χ0) is 13.1. The van der Waals surface area contributed by atoms with Gasteiger partial charge in [0.05, 0.1) is 6.10 Å². The van der Waals surface area contributed by atoms with E-state index in [0.717, 1.165) is 23.8 Å². The maximum absolute atomic E-state index is 9.79. The van der Waals surface area contributed by atoms with E-state index in [-0.39, 0.29) is 6.10 Å². The van der Waals surface area contributed by atoms with Gasteiger partial charge in [-0.3, -0.25) is 0 Å². The van der Waals surface area contributed by atoms with Crippen molar-refractivity contribution in [3.63, 3.8) is 0 Å². The lowest BCUT2D eigenvalue weighted by Crippen LogP contribution is -2.21. The molecule has 18 heavy (non-hydrogen) atoms. The van der Waals surface area contributed by atoms with Gasteiger partial charge in [-0.2, -0.15) is 0 Å². The quantitative estimate of drug-likeness (QED) is 0.878. The molecule has 1 aromatic carbocycles. The van der Waals surface area contributed by atoms with E-state index in [2.05, 4.69) is 43.0 Å². The second kappa shape index (κ2) is 5.75. The number of aliphatic hydroxyl groups excluding tert-OH is 1. The normalized spacial score (nSPS) is 21.6. The molecule has 1 saturated heterocycles. The Morgan fingerprint density at radius 3 is 2.44 bits per heavy atom. The van der Waals surface area contributed by atoms with Gasteiger partial charge in [-0.25, -0.2) is 0 Å². The highest BCUT2D eigenvalue weighted by Crippen LogP contribution is 2.29. The molecule has 0 radical (unpaired) electrons. The highest BCUT2D eigenvalue weighted by molar-refractivity contribution is 5.48. The van der Waals surface area contributed by atoms with Crippen molar-refractivity contribution in [3.05, 3.63) is 29.8 Å². The summed E-state index contributed by atoms with van der Waals surface area (Å²) in [5.41, 5.74) is 2.33. The first-order chi connectivity index (χ1) is 8.61. The fourth-order valence-electron chi connectivity index (χ4n) is 2.71. The molecule has 0 amide bonds. The smallest absolute Gasteiger partial charge is 0.0787 e. The minimum absolute atomic E-state index is 0.318. The Morgan fingerprint density at radius 1 is 1.28 bits per heavy atom. The summed E-state index contributed by atoms with van der Waals surface area (Å²) in [6.45, 7) is 8.97. The number of benzene rings is 1. The molecule has 1 unspecified atom stereocenters. The Morgan fingerprint density at radius 2 is 1.94 bits per heavy atom. The van der Waals surface area contributed by atoms with Gasteiger partial charge in [0.25, 0.3) is 0 Å². The number of hydrogen-bond donors (Lipinski definition) is 1. The van der Waals surface area contributed by atoms with Gasteiger partial charge in [-0.1, -0.05) is 32.9 Å². The fraction of sp³-hybridized carbons (Fsp3) is 0.625. The van der Waals surface area contributed by atoms with Crippen LogP contribution in [0.1, 0.15) is 45.3 Å². The van der Waals surface area contributed by atoms with Crippen molar-refractivity contribution in [3.8, 4) is 0 Å². The van der Waals surface area contributed by atoms with Crippen LogP contribution in [-0.4, -0.2) is 18.2 Å². The first kappa shape index (κ1) is 13.4. The first-order valence-electron chi connectivity index (χ1n) is 7.14. The number of hydrogen-bond acceptors (Lipinski definition) is 2. The average molecular weight is 247 g/mol. The summed E-state index contributed by atoms with van der Waals surface area (Å²) in [5.74, 6) is 1.60. The molecule has 0 aliphatic carbocycles. The molecule has 0 aromatic heterocycles. The van der Waals surface area contributed by atoms with Crippen LogP contribution < -0.4 is 4.90 Å². The summed E-state index contributed by atoms with van der Waals surface area (Å²) >= 11 is 0. The summed E-state index contributed by atoms with van der Waals surface area (Å²) < 4.78 is 0. The van der Waals surface area contributed by atoms with E-state index >= 15 is 0 Å². The standard InChI is InChI=1S/C16H25NO/c1-4-16(18)13-5-7-15(8-6-13)17-10-9-14(11-17)12(2)3/h5-8,12,14,16,18H,4,9-11H2,1-3H3/t14?,16-/m1/s1. The SMILES string of the molecule is CC[C@@H](O)c1ccc(N2CCC(C(C)C)C2)cc1. The molecule has 2 heteroatoms. The molecule has 1 aromatic rings. The van der Waals surface area contributed by atoms with Gasteiger partial charge in [-0.05, 0) is 42.4 Å². The molecule has 2 nitrogen and oxygen atoms in total. The summed E-state index contributed by atoms with van der Waals surface area (Å²) in [6, 6.07) is 8.42. The minimum Gasteiger partial charge on any atom is -0.388 e. The van der Waals surface area contributed by atoms with Gasteiger partial charge < -0.3 is 10.0 Å². The van der Waals surface area contributed by atoms with Gasteiger partial charge in [0.1, 0.15) is 0 Å². The van der Waals surface area contributed by atoms with E-state index in [9.17, 15) is 5.11 Å². The third kappa shape index (κ3) is 2.86. The maximum Gasteiger partial charge on any atom is 0.0787 e. The van der Waals surface area contributed by atoms with Crippen LogP contribution in [0.2, 0.25) is 0 Å². The summed E-state index contributed by atoms with van der Waals surface area (Å²) in [4.78, 5) is 2.47. The van der Waals surface area contributed by atoms with Gasteiger partial charge in [-0.15, -0.1) is 0 Å². The van der Waals surface area contributed by atoms with Crippen LogP contribution in [0.25, 0.3) is 0 Å². The van der Waals surface area contributed by atoms with Crippen LogP contribution in [0.3, 0.4) is 0 Å². The molecule has 0 spiro atoms. The van der Waals surface area contributed by atoms with Crippen molar-refractivity contribution >= 4 is 5.69 Å². The Labute approximate surface area is 111 Å². The fourth-order valence-corrected chi connectivity index (χ4v) is 2.71. The zero-order valence-corrected chi connectivity index (χ0v) is 11.8. The van der Waals surface area contributed by atoms with E-state index in [1.807, 2.05) is 6.92 Å². The molecule has 100 valence electrons. The van der Waals surface area contributed by atoms with Crippen LogP contribution in [-0.2, 0) is 0 Å². The van der Waals surface area contributed by atoms with Crippen LogP contribution >= 0.6 is 0 Å². The molecule has 1 N–H and O–H groups in total. The lowest BCUT2D eigenvalue weighted by atomic mass is 9.95. The van der Waals surface area contributed by atoms with Crippen molar-refractivity contribution in [1.29, 1.82) is 0 Å². The summed E-state index contributed by atoms with van der Waals surface area (Å²) in [6.07, 6.45) is 1.76. The molecule has 1 fully saturated rings. The predicted octanol–water partition coefficient (Wildman–Crippen LogP) is 3.61. The van der Waals surface area contributed by atoms with Crippen molar-refractivity contribution in [1.82, 2.24) is 0 Å². The predicted molar refractivity (Wildman–Crippen MR) is 76.9 cm³/mol. The van der Waals surface area contributed by atoms with Gasteiger partial charge in [0, 0.05) is 18.8 Å². The second-order valence-corrected chi connectivity index (χ2v) is 5.75. The minimum atomic E-state index is -0.318. The second-order valence-electron chi connectivity index (χ2n) is 5.75. The highest BCUT2D eigenvalue weighted by Gasteiger charge is 2.24. The average Bonchev–Trinajstić information content (AvgIpc) is 2.88. The van der Waals surface area contributed by atoms with E-state index in [1.54, 1.807) is 0 Å². The molecule has 0 bridgehead atoms. The van der Waals surface area contributed by atoms with Crippen LogP contribution in [0.5, 0.6) is 0 Å². The molecule has 2 rings (SSSR count). The van der Waals surface area contributed by atoms with Crippen molar-refractivity contribution in [2.45, 2.75) is 39.7 Å². The highest BCUT2D eigenvalue weighted by atomic mass is 16.3. The Bertz CT molecular complexity index is 371. The van der Waals surface area contributed by atoms with Gasteiger partial charge >= 0.3 is 0 Å². The zero-order valence-electron chi connectivity index (χ0n) is 11.8. The van der Waals surface area contributed by atoms with Crippen LogP contribution in [0.4, 0.5) is 5.69 Å². The van der Waals surface area contributed by atoms with Gasteiger partial charge in [0.15, 0.2) is 0 Å². The van der Waals surface area contributed by atoms with E-state index in [1.165, 1.54) is 25.2 Å². The topological polar surface area (TPSA) is 23.5 Å². The third-order valence-electron chi connectivity index (χ3n) is 4.20. The van der Waals surface area contributed by atoms with E-state index in [4.69, 9.17) is 0 Å². The lowest BCUT2D eigenvalue weighted by Gasteiger charge is -2.20. The first-order valence-corrected chi connectivity index (χ1v) is 7.14. The van der Waals surface area contributed by atoms with Crippen molar-refractivity contribution in [2.24, 2.45) is 11.8 Å². The third-order valence-corrected chi connectivity index (χ3v) is 4.20.